The minimum atomic E-state index is -0.729. The van der Waals surface area contributed by atoms with Crippen LogP contribution in [0.4, 0.5) is 14.5 Å². The van der Waals surface area contributed by atoms with Gasteiger partial charge in [0.1, 0.15) is 23.3 Å². The van der Waals surface area contributed by atoms with Crippen molar-refractivity contribution < 1.29 is 23.2 Å². The number of carbonyl (C=O) groups is 3. The Labute approximate surface area is 421 Å². The standard InChI is InChI=1S/C55H63F2N11O5/c1-33-30-62(31-36-5-8-45-48(25-36)67(40-6-7-40)55(73)68(45)46-9-10-49(69)60-53(46)71)23-24-65(33)32-35-12-18-64(19-13-35)54(72)38-26-42(56)51(43(57)27-38)37-14-20-63(21-15-37)34(2)47-29-41-44(11-17-59-52(41)61(47)4)66-22-16-39(58-3)28-50(66)70/h5,8,11,14,16-17,22,25-29,33-35,40,46,58H,6-7,9-10,12-13,15,18-21,23-24,30-32H2,1-4H3,(H,60,69,71)/t33-,34-,46-/m0/s1. The molecule has 4 aromatic heterocycles. The van der Waals surface area contributed by atoms with E-state index in [4.69, 9.17) is 0 Å². The van der Waals surface area contributed by atoms with E-state index < -0.39 is 23.6 Å². The number of pyridine rings is 2. The number of rotatable bonds is 12. The van der Waals surface area contributed by atoms with Gasteiger partial charge in [-0.25, -0.2) is 18.6 Å². The quantitative estimate of drug-likeness (QED) is 0.132. The summed E-state index contributed by atoms with van der Waals surface area (Å²) in [5.41, 5.74) is 6.08. The highest BCUT2D eigenvalue weighted by Crippen LogP contribution is 2.38. The van der Waals surface area contributed by atoms with Crippen molar-refractivity contribution in [1.29, 1.82) is 0 Å². The molecule has 382 valence electrons. The molecule has 3 amide bonds. The number of aromatic nitrogens is 5. The van der Waals surface area contributed by atoms with E-state index in [0.29, 0.717) is 56.6 Å². The van der Waals surface area contributed by atoms with Gasteiger partial charge in [-0.3, -0.25) is 52.9 Å². The Morgan fingerprint density at radius 3 is 2.34 bits per heavy atom. The van der Waals surface area contributed by atoms with Crippen molar-refractivity contribution in [3.63, 3.8) is 0 Å². The number of imide groups is 1. The third-order valence-corrected chi connectivity index (χ3v) is 16.3. The Morgan fingerprint density at radius 1 is 0.877 bits per heavy atom. The number of halogens is 2. The minimum Gasteiger partial charge on any atom is -0.388 e. The number of piperazine rings is 1. The molecule has 3 atom stereocenters. The number of fused-ring (bicyclic) bond motifs is 2. The van der Waals surface area contributed by atoms with Gasteiger partial charge in [0.25, 0.3) is 11.5 Å². The number of likely N-dealkylation sites (tertiary alicyclic amines) is 1. The Bertz CT molecular complexity index is 3300. The van der Waals surface area contributed by atoms with E-state index in [0.717, 1.165) is 103 Å². The number of carbonyl (C=O) groups excluding carboxylic acids is 3. The Balaban J connectivity index is 0.679. The van der Waals surface area contributed by atoms with Crippen molar-refractivity contribution in [2.75, 3.05) is 64.7 Å². The van der Waals surface area contributed by atoms with Crippen LogP contribution in [-0.2, 0) is 23.2 Å². The number of benzene rings is 2. The van der Waals surface area contributed by atoms with Gasteiger partial charge in [-0.15, -0.1) is 0 Å². The molecule has 0 bridgehead atoms. The normalized spacial score (nSPS) is 21.2. The highest BCUT2D eigenvalue weighted by molar-refractivity contribution is 6.00. The lowest BCUT2D eigenvalue weighted by Gasteiger charge is -2.42. The van der Waals surface area contributed by atoms with Crippen molar-refractivity contribution in [3.05, 3.63) is 128 Å². The topological polar surface area (TPSA) is 155 Å². The fourth-order valence-electron chi connectivity index (χ4n) is 12.0. The van der Waals surface area contributed by atoms with Crippen LogP contribution in [0.2, 0.25) is 0 Å². The number of piperidine rings is 2. The van der Waals surface area contributed by atoms with Gasteiger partial charge in [-0.2, -0.15) is 0 Å². The molecule has 3 saturated heterocycles. The zero-order valence-electron chi connectivity index (χ0n) is 42.0. The molecule has 0 radical (unpaired) electrons. The molecule has 8 heterocycles. The number of amides is 3. The largest absolute Gasteiger partial charge is 0.388 e. The lowest BCUT2D eigenvalue weighted by Crippen LogP contribution is -2.53. The molecule has 2 N–H and O–H groups in total. The van der Waals surface area contributed by atoms with Gasteiger partial charge in [-0.1, -0.05) is 12.1 Å². The highest BCUT2D eigenvalue weighted by atomic mass is 19.1. The molecular weight excluding hydrogens is 933 g/mol. The van der Waals surface area contributed by atoms with Crippen LogP contribution < -0.4 is 21.9 Å². The van der Waals surface area contributed by atoms with Gasteiger partial charge in [0, 0.05) is 144 Å². The van der Waals surface area contributed by atoms with Crippen molar-refractivity contribution in [2.45, 2.75) is 89.5 Å². The maximum Gasteiger partial charge on any atom is 0.330 e. The summed E-state index contributed by atoms with van der Waals surface area (Å²) in [7, 11) is 3.73. The zero-order chi connectivity index (χ0) is 50.8. The molecule has 4 fully saturated rings. The molecule has 1 aliphatic carbocycles. The summed E-state index contributed by atoms with van der Waals surface area (Å²) in [6.07, 6.45) is 9.76. The smallest absolute Gasteiger partial charge is 0.330 e. The van der Waals surface area contributed by atoms with Crippen molar-refractivity contribution in [2.24, 2.45) is 13.0 Å². The van der Waals surface area contributed by atoms with Gasteiger partial charge in [0.2, 0.25) is 11.8 Å². The maximum atomic E-state index is 15.9. The summed E-state index contributed by atoms with van der Waals surface area (Å²) in [6.45, 7) is 10.8. The third kappa shape index (κ3) is 9.22. The second-order valence-corrected chi connectivity index (χ2v) is 20.9. The van der Waals surface area contributed by atoms with E-state index in [9.17, 15) is 24.0 Å². The predicted octanol–water partition coefficient (Wildman–Crippen LogP) is 6.38. The summed E-state index contributed by atoms with van der Waals surface area (Å²) >= 11 is 0. The van der Waals surface area contributed by atoms with Crippen LogP contribution >= 0.6 is 0 Å². The van der Waals surface area contributed by atoms with E-state index in [-0.39, 0.29) is 52.7 Å². The number of anilines is 1. The molecule has 4 aliphatic heterocycles. The summed E-state index contributed by atoms with van der Waals surface area (Å²) < 4.78 is 39.0. The van der Waals surface area contributed by atoms with Crippen LogP contribution in [0.1, 0.15) is 104 Å². The van der Waals surface area contributed by atoms with Crippen LogP contribution in [0.25, 0.3) is 33.3 Å². The predicted molar refractivity (Wildman–Crippen MR) is 276 cm³/mol. The van der Waals surface area contributed by atoms with E-state index in [1.165, 1.54) is 12.1 Å². The van der Waals surface area contributed by atoms with Crippen LogP contribution in [-0.4, -0.2) is 126 Å². The lowest BCUT2D eigenvalue weighted by atomic mass is 9.93. The summed E-state index contributed by atoms with van der Waals surface area (Å²) in [5.74, 6) is -2.14. The van der Waals surface area contributed by atoms with Crippen LogP contribution in [0, 0.1) is 17.6 Å². The monoisotopic (exact) mass is 995 g/mol. The molecule has 0 unspecified atom stereocenters. The van der Waals surface area contributed by atoms with Gasteiger partial charge >= 0.3 is 5.69 Å². The van der Waals surface area contributed by atoms with Gasteiger partial charge in [-0.05, 0) is 112 Å². The first-order chi connectivity index (χ1) is 35.2. The fourth-order valence-corrected chi connectivity index (χ4v) is 12.0. The first kappa shape index (κ1) is 48.5. The average Bonchev–Trinajstić information content (AvgIpc) is 4.10. The number of nitrogens with zero attached hydrogens (tertiary/aromatic N) is 9. The van der Waals surface area contributed by atoms with Gasteiger partial charge in [0.05, 0.1) is 16.7 Å². The highest BCUT2D eigenvalue weighted by Gasteiger charge is 2.36. The number of imidazole rings is 1. The van der Waals surface area contributed by atoms with Crippen LogP contribution in [0.5, 0.6) is 0 Å². The molecule has 16 nitrogen and oxygen atoms in total. The lowest BCUT2D eigenvalue weighted by molar-refractivity contribution is -0.135. The number of nitrogens with one attached hydrogen (secondary N) is 2. The van der Waals surface area contributed by atoms with Gasteiger partial charge in [0.15, 0.2) is 0 Å². The van der Waals surface area contributed by atoms with E-state index >= 15 is 8.78 Å². The van der Waals surface area contributed by atoms with Gasteiger partial charge < -0.3 is 14.8 Å². The number of hydrogen-bond acceptors (Lipinski definition) is 10. The first-order valence-electron chi connectivity index (χ1n) is 25.9. The second-order valence-electron chi connectivity index (χ2n) is 20.9. The number of hydrogen-bond donors (Lipinski definition) is 2. The molecule has 11 rings (SSSR count). The molecule has 2 aromatic carbocycles. The van der Waals surface area contributed by atoms with E-state index in [1.54, 1.807) is 39.5 Å². The van der Waals surface area contributed by atoms with Crippen LogP contribution in [0.15, 0.2) is 82.7 Å². The molecule has 5 aliphatic rings. The Morgan fingerprint density at radius 2 is 1.66 bits per heavy atom. The molecule has 0 spiro atoms. The van der Waals surface area contributed by atoms with Crippen molar-refractivity contribution >= 4 is 51.0 Å². The second kappa shape index (κ2) is 19.6. The summed E-state index contributed by atoms with van der Waals surface area (Å²) in [6, 6.07) is 15.5. The molecule has 73 heavy (non-hydrogen) atoms. The molecular formula is C55H63F2N11O5. The number of aryl methyl sites for hydroxylation is 1. The minimum absolute atomic E-state index is 0.0273. The fraction of sp³-hybridized carbons (Fsp3) is 0.455. The average molecular weight is 996 g/mol. The Kier molecular flexibility index (Phi) is 13.0. The van der Waals surface area contributed by atoms with Crippen LogP contribution in [0.3, 0.4) is 0 Å². The van der Waals surface area contributed by atoms with E-state index in [1.807, 2.05) is 46.5 Å². The molecule has 18 heteroatoms. The van der Waals surface area contributed by atoms with E-state index in [2.05, 4.69) is 56.3 Å². The first-order valence-corrected chi connectivity index (χ1v) is 25.9. The Hall–Kier alpha value is -6.76. The maximum absolute atomic E-state index is 15.9. The third-order valence-electron chi connectivity index (χ3n) is 16.3. The SMILES string of the molecule is CNc1ccn(-c2ccnc3c2cc([C@H](C)N2CC=C(c4c(F)cc(C(=O)N5CCC(CN6CCN(Cc7ccc8c(c7)n(C7CC7)c(=O)n8[C@H]7CCC(=O)NC7=O)C[C@@H]6C)CC5)cc4F)CC2)n3C)c(=O)c1. The zero-order valence-corrected chi connectivity index (χ0v) is 42.0. The molecule has 1 saturated carbocycles. The molecule has 6 aromatic rings. The van der Waals surface area contributed by atoms with Crippen molar-refractivity contribution in [1.82, 2.24) is 48.2 Å². The summed E-state index contributed by atoms with van der Waals surface area (Å²) in [5, 5.41) is 6.26. The summed E-state index contributed by atoms with van der Waals surface area (Å²) in [4.78, 5) is 78.8. The van der Waals surface area contributed by atoms with Crippen molar-refractivity contribution in [3.8, 4) is 5.69 Å².